The molecule has 0 aromatic heterocycles. The van der Waals surface area contributed by atoms with E-state index in [4.69, 9.17) is 16.3 Å². The number of ether oxygens (including phenoxy) is 1. The van der Waals surface area contributed by atoms with Crippen molar-refractivity contribution in [2.24, 2.45) is 0 Å². The number of hydrogen-bond acceptors (Lipinski definition) is 4. The van der Waals surface area contributed by atoms with Gasteiger partial charge in [-0.15, -0.1) is 11.8 Å². The first-order valence-electron chi connectivity index (χ1n) is 10.4. The zero-order valence-corrected chi connectivity index (χ0v) is 19.3. The molecule has 4 rings (SSSR count). The van der Waals surface area contributed by atoms with Crippen LogP contribution in [0.4, 0.5) is 10.1 Å². The van der Waals surface area contributed by atoms with Gasteiger partial charge in [0.1, 0.15) is 11.6 Å². The largest absolute Gasteiger partial charge is 0.496 e. The molecule has 1 amide bonds. The standard InChI is InChI=1S/C25H24ClFN2O2S/c1-31-24-11-6-18(16-19(24)17-32-21-9-7-20(26)8-10-21)25(30)29-14-12-28(13-15-29)23-5-3-2-4-22(23)27/h2-11,16H,12-15,17H2,1H3. The minimum atomic E-state index is -0.231. The number of anilines is 1. The Hall–Kier alpha value is -2.70. The summed E-state index contributed by atoms with van der Waals surface area (Å²) in [5.41, 5.74) is 2.19. The van der Waals surface area contributed by atoms with Gasteiger partial charge in [0.15, 0.2) is 0 Å². The SMILES string of the molecule is COc1ccc(C(=O)N2CCN(c3ccccc3F)CC2)cc1CSc1ccc(Cl)cc1. The van der Waals surface area contributed by atoms with Crippen LogP contribution in [0.5, 0.6) is 5.75 Å². The van der Waals surface area contributed by atoms with E-state index in [-0.39, 0.29) is 11.7 Å². The molecule has 1 aliphatic heterocycles. The Balaban J connectivity index is 1.43. The fourth-order valence-electron chi connectivity index (χ4n) is 3.76. The van der Waals surface area contributed by atoms with Gasteiger partial charge in [-0.2, -0.15) is 0 Å². The molecule has 0 radical (unpaired) electrons. The molecule has 0 atom stereocenters. The van der Waals surface area contributed by atoms with Gasteiger partial charge in [0, 0.05) is 53.0 Å². The van der Waals surface area contributed by atoms with Crippen LogP contribution in [0, 0.1) is 5.82 Å². The fraction of sp³-hybridized carbons (Fsp3) is 0.240. The quantitative estimate of drug-likeness (QED) is 0.430. The third-order valence-corrected chi connectivity index (χ3v) is 6.81. The minimum absolute atomic E-state index is 0.0152. The highest BCUT2D eigenvalue weighted by molar-refractivity contribution is 7.98. The lowest BCUT2D eigenvalue weighted by molar-refractivity contribution is 0.0746. The predicted molar refractivity (Wildman–Crippen MR) is 129 cm³/mol. The lowest BCUT2D eigenvalue weighted by atomic mass is 10.1. The third kappa shape index (κ3) is 5.19. The van der Waals surface area contributed by atoms with Gasteiger partial charge in [-0.3, -0.25) is 4.79 Å². The fourth-order valence-corrected chi connectivity index (χ4v) is 4.76. The van der Waals surface area contributed by atoms with Crippen molar-refractivity contribution in [2.75, 3.05) is 38.2 Å². The Morgan fingerprint density at radius 1 is 1.03 bits per heavy atom. The van der Waals surface area contributed by atoms with Gasteiger partial charge in [0.2, 0.25) is 0 Å². The van der Waals surface area contributed by atoms with Gasteiger partial charge >= 0.3 is 0 Å². The number of nitrogens with zero attached hydrogens (tertiary/aromatic N) is 2. The molecule has 0 N–H and O–H groups in total. The molecule has 166 valence electrons. The minimum Gasteiger partial charge on any atom is -0.496 e. The summed E-state index contributed by atoms with van der Waals surface area (Å²) in [6.07, 6.45) is 0. The number of carbonyl (C=O) groups excluding carboxylic acids is 1. The van der Waals surface area contributed by atoms with E-state index >= 15 is 0 Å². The number of piperazine rings is 1. The molecule has 4 nitrogen and oxygen atoms in total. The van der Waals surface area contributed by atoms with Crippen LogP contribution < -0.4 is 9.64 Å². The molecule has 1 heterocycles. The summed E-state index contributed by atoms with van der Waals surface area (Å²) >= 11 is 7.63. The Morgan fingerprint density at radius 2 is 1.75 bits per heavy atom. The highest BCUT2D eigenvalue weighted by Crippen LogP contribution is 2.30. The molecule has 0 spiro atoms. The summed E-state index contributed by atoms with van der Waals surface area (Å²) in [4.78, 5) is 18.1. The summed E-state index contributed by atoms with van der Waals surface area (Å²) in [6.45, 7) is 2.30. The number of methoxy groups -OCH3 is 1. The summed E-state index contributed by atoms with van der Waals surface area (Å²) < 4.78 is 19.6. The summed E-state index contributed by atoms with van der Waals surface area (Å²) in [6, 6.07) is 20.0. The average molecular weight is 471 g/mol. The lowest BCUT2D eigenvalue weighted by Gasteiger charge is -2.36. The number of rotatable bonds is 6. The van der Waals surface area contributed by atoms with Crippen LogP contribution in [0.2, 0.25) is 5.02 Å². The number of amides is 1. The highest BCUT2D eigenvalue weighted by atomic mass is 35.5. The smallest absolute Gasteiger partial charge is 0.253 e. The Morgan fingerprint density at radius 3 is 2.44 bits per heavy atom. The van der Waals surface area contributed by atoms with Crippen molar-refractivity contribution in [3.63, 3.8) is 0 Å². The molecule has 0 unspecified atom stereocenters. The van der Waals surface area contributed by atoms with Crippen LogP contribution in [-0.2, 0) is 5.75 Å². The van der Waals surface area contributed by atoms with Crippen molar-refractivity contribution < 1.29 is 13.9 Å². The molecular formula is C25H24ClFN2O2S. The summed E-state index contributed by atoms with van der Waals surface area (Å²) in [5, 5.41) is 0.703. The van der Waals surface area contributed by atoms with Gasteiger partial charge in [0.05, 0.1) is 12.8 Å². The first kappa shape index (κ1) is 22.5. The zero-order valence-electron chi connectivity index (χ0n) is 17.8. The average Bonchev–Trinajstić information content (AvgIpc) is 2.83. The van der Waals surface area contributed by atoms with E-state index in [9.17, 15) is 9.18 Å². The summed E-state index contributed by atoms with van der Waals surface area (Å²) in [5.74, 6) is 1.18. The number of carbonyl (C=O) groups is 1. The van der Waals surface area contributed by atoms with E-state index in [0.29, 0.717) is 48.2 Å². The summed E-state index contributed by atoms with van der Waals surface area (Å²) in [7, 11) is 1.63. The normalized spacial score (nSPS) is 13.8. The first-order chi connectivity index (χ1) is 15.5. The second-order valence-electron chi connectivity index (χ2n) is 7.50. The van der Waals surface area contributed by atoms with Gasteiger partial charge < -0.3 is 14.5 Å². The van der Waals surface area contributed by atoms with Gasteiger partial charge in [-0.1, -0.05) is 23.7 Å². The molecule has 0 aliphatic carbocycles. The van der Waals surface area contributed by atoms with Crippen LogP contribution in [0.15, 0.2) is 71.6 Å². The number of halogens is 2. The second-order valence-corrected chi connectivity index (χ2v) is 8.99. The van der Waals surface area contributed by atoms with E-state index in [2.05, 4.69) is 0 Å². The topological polar surface area (TPSA) is 32.8 Å². The van der Waals surface area contributed by atoms with Crippen LogP contribution in [0.1, 0.15) is 15.9 Å². The van der Waals surface area contributed by atoms with Gasteiger partial charge in [-0.05, 0) is 54.6 Å². The van der Waals surface area contributed by atoms with E-state index in [1.807, 2.05) is 52.3 Å². The molecule has 3 aromatic carbocycles. The molecule has 0 saturated carbocycles. The van der Waals surface area contributed by atoms with E-state index in [1.165, 1.54) is 6.07 Å². The van der Waals surface area contributed by atoms with Gasteiger partial charge in [0.25, 0.3) is 5.91 Å². The van der Waals surface area contributed by atoms with Crippen molar-refractivity contribution >= 4 is 35.0 Å². The number of benzene rings is 3. The van der Waals surface area contributed by atoms with E-state index < -0.39 is 0 Å². The molecule has 7 heteroatoms. The van der Waals surface area contributed by atoms with Crippen molar-refractivity contribution in [1.82, 2.24) is 4.90 Å². The Labute approximate surface area is 196 Å². The van der Waals surface area contributed by atoms with E-state index in [0.717, 1.165) is 16.2 Å². The van der Waals surface area contributed by atoms with Crippen molar-refractivity contribution in [1.29, 1.82) is 0 Å². The van der Waals surface area contributed by atoms with Crippen LogP contribution in [0.25, 0.3) is 0 Å². The Bertz CT molecular complexity index is 1090. The van der Waals surface area contributed by atoms with Crippen molar-refractivity contribution in [3.8, 4) is 5.75 Å². The number of para-hydroxylation sites is 1. The molecule has 32 heavy (non-hydrogen) atoms. The maximum Gasteiger partial charge on any atom is 0.253 e. The maximum atomic E-state index is 14.1. The molecule has 1 fully saturated rings. The van der Waals surface area contributed by atoms with Crippen LogP contribution in [-0.4, -0.2) is 44.1 Å². The van der Waals surface area contributed by atoms with Crippen LogP contribution in [0.3, 0.4) is 0 Å². The third-order valence-electron chi connectivity index (χ3n) is 5.50. The molecule has 1 saturated heterocycles. The molecule has 1 aliphatic rings. The highest BCUT2D eigenvalue weighted by Gasteiger charge is 2.24. The Kier molecular flexibility index (Phi) is 7.22. The number of thioether (sulfide) groups is 1. The number of hydrogen-bond donors (Lipinski definition) is 0. The lowest BCUT2D eigenvalue weighted by Crippen LogP contribution is -2.49. The first-order valence-corrected chi connectivity index (χ1v) is 11.8. The maximum absolute atomic E-state index is 14.1. The molecule has 3 aromatic rings. The second kappa shape index (κ2) is 10.3. The van der Waals surface area contributed by atoms with E-state index in [1.54, 1.807) is 37.1 Å². The molecular weight excluding hydrogens is 447 g/mol. The van der Waals surface area contributed by atoms with Crippen molar-refractivity contribution in [3.05, 3.63) is 88.7 Å². The van der Waals surface area contributed by atoms with Crippen molar-refractivity contribution in [2.45, 2.75) is 10.6 Å². The van der Waals surface area contributed by atoms with Crippen LogP contribution >= 0.6 is 23.4 Å². The monoisotopic (exact) mass is 470 g/mol. The molecule has 0 bridgehead atoms. The predicted octanol–water partition coefficient (Wildman–Crippen LogP) is 5.74. The zero-order chi connectivity index (χ0) is 22.5. The van der Waals surface area contributed by atoms with Gasteiger partial charge in [-0.25, -0.2) is 4.39 Å².